The molecule has 0 bridgehead atoms. The zero-order chi connectivity index (χ0) is 19.2. The summed E-state index contributed by atoms with van der Waals surface area (Å²) in [7, 11) is 0. The van der Waals surface area contributed by atoms with Crippen molar-refractivity contribution in [2.24, 2.45) is 0 Å². The fraction of sp³-hybridized carbons (Fsp3) is 0.316. The van der Waals surface area contributed by atoms with Crippen LogP contribution >= 0.6 is 0 Å². The minimum Gasteiger partial charge on any atom is -0.479 e. The van der Waals surface area contributed by atoms with Gasteiger partial charge in [0.25, 0.3) is 0 Å². The molecule has 0 aliphatic heterocycles. The smallest absolute Gasteiger partial charge is 0.418 e. The van der Waals surface area contributed by atoms with E-state index in [1.165, 1.54) is 25.1 Å². The van der Waals surface area contributed by atoms with Crippen molar-refractivity contribution in [2.75, 3.05) is 5.32 Å². The van der Waals surface area contributed by atoms with Crippen molar-refractivity contribution in [3.63, 3.8) is 0 Å². The molecular formula is C19H20F3NO3. The highest BCUT2D eigenvalue weighted by molar-refractivity contribution is 5.72. The third-order valence-corrected chi connectivity index (χ3v) is 3.81. The van der Waals surface area contributed by atoms with Gasteiger partial charge in [0.1, 0.15) is 0 Å². The Kier molecular flexibility index (Phi) is 6.63. The van der Waals surface area contributed by atoms with E-state index in [1.807, 2.05) is 30.3 Å². The molecule has 2 N–H and O–H groups in total. The van der Waals surface area contributed by atoms with Crippen LogP contribution < -0.4 is 5.32 Å². The second-order valence-corrected chi connectivity index (χ2v) is 5.72. The highest BCUT2D eigenvalue weighted by Gasteiger charge is 2.45. The van der Waals surface area contributed by atoms with Crippen LogP contribution in [0.4, 0.5) is 18.9 Å². The van der Waals surface area contributed by atoms with Gasteiger partial charge in [0.15, 0.2) is 12.2 Å². The number of nitrogens with one attached hydrogen (secondary N) is 1. The molecule has 0 aromatic heterocycles. The minimum atomic E-state index is -4.74. The molecule has 0 radical (unpaired) electrons. The Labute approximate surface area is 149 Å². The third-order valence-electron chi connectivity index (χ3n) is 3.81. The van der Waals surface area contributed by atoms with E-state index >= 15 is 0 Å². The van der Waals surface area contributed by atoms with E-state index < -0.39 is 24.4 Å². The van der Waals surface area contributed by atoms with Crippen molar-refractivity contribution < 1.29 is 27.8 Å². The third kappa shape index (κ3) is 5.23. The number of carboxylic acids is 1. The van der Waals surface area contributed by atoms with Gasteiger partial charge < -0.3 is 15.2 Å². The van der Waals surface area contributed by atoms with Crippen molar-refractivity contribution >= 4 is 11.7 Å². The van der Waals surface area contributed by atoms with E-state index in [1.54, 1.807) is 6.07 Å². The first-order valence-electron chi connectivity index (χ1n) is 8.14. The van der Waals surface area contributed by atoms with Crippen LogP contribution in [0.5, 0.6) is 0 Å². The monoisotopic (exact) mass is 367 g/mol. The summed E-state index contributed by atoms with van der Waals surface area (Å²) < 4.78 is 45.6. The maximum absolute atomic E-state index is 13.6. The molecule has 2 atom stereocenters. The summed E-state index contributed by atoms with van der Waals surface area (Å²) in [5.74, 6) is -1.42. The molecule has 2 aromatic carbocycles. The Morgan fingerprint density at radius 2 is 1.73 bits per heavy atom. The van der Waals surface area contributed by atoms with Gasteiger partial charge in [-0.15, -0.1) is 0 Å². The maximum atomic E-state index is 13.6. The molecule has 0 spiro atoms. The Balaban J connectivity index is 2.28. The van der Waals surface area contributed by atoms with Crippen molar-refractivity contribution in [2.45, 2.75) is 38.3 Å². The average molecular weight is 367 g/mol. The zero-order valence-corrected chi connectivity index (χ0v) is 14.2. The summed E-state index contributed by atoms with van der Waals surface area (Å²) in [4.78, 5) is 11.1. The van der Waals surface area contributed by atoms with E-state index in [0.29, 0.717) is 6.54 Å². The van der Waals surface area contributed by atoms with Crippen molar-refractivity contribution in [1.29, 1.82) is 0 Å². The van der Waals surface area contributed by atoms with Crippen LogP contribution in [0.15, 0.2) is 54.6 Å². The number of benzene rings is 2. The number of alkyl halides is 3. The largest absolute Gasteiger partial charge is 0.479 e. The van der Waals surface area contributed by atoms with Crippen molar-refractivity contribution in [3.8, 4) is 0 Å². The highest BCUT2D eigenvalue weighted by atomic mass is 19.4. The van der Waals surface area contributed by atoms with Gasteiger partial charge in [-0.25, -0.2) is 4.79 Å². The van der Waals surface area contributed by atoms with E-state index in [2.05, 4.69) is 5.32 Å². The fourth-order valence-corrected chi connectivity index (χ4v) is 2.50. The molecule has 4 nitrogen and oxygen atoms in total. The molecular weight excluding hydrogens is 347 g/mol. The molecule has 140 valence electrons. The van der Waals surface area contributed by atoms with Gasteiger partial charge in [0, 0.05) is 17.8 Å². The molecule has 26 heavy (non-hydrogen) atoms. The molecule has 0 aliphatic carbocycles. The molecule has 0 saturated heterocycles. The van der Waals surface area contributed by atoms with Crippen molar-refractivity contribution in [1.82, 2.24) is 0 Å². The first-order chi connectivity index (χ1) is 12.3. The summed E-state index contributed by atoms with van der Waals surface area (Å²) in [5.41, 5.74) is 1.01. The Hall–Kier alpha value is -2.54. The predicted octanol–water partition coefficient (Wildman–Crippen LogP) is 4.78. The lowest BCUT2D eigenvalue weighted by Gasteiger charge is -2.26. The fourth-order valence-electron chi connectivity index (χ4n) is 2.50. The van der Waals surface area contributed by atoms with Crippen LogP contribution in [0, 0.1) is 0 Å². The van der Waals surface area contributed by atoms with Gasteiger partial charge in [-0.05, 0) is 18.1 Å². The number of ether oxygens (including phenoxy) is 1. The molecule has 0 aliphatic rings. The Bertz CT molecular complexity index is 719. The molecule has 2 rings (SSSR count). The number of anilines is 1. The van der Waals surface area contributed by atoms with Gasteiger partial charge in [-0.2, -0.15) is 13.2 Å². The van der Waals surface area contributed by atoms with E-state index in [-0.39, 0.29) is 17.7 Å². The van der Waals surface area contributed by atoms with Gasteiger partial charge in [0.2, 0.25) is 0 Å². The number of carbonyl (C=O) groups is 1. The van der Waals surface area contributed by atoms with Crippen LogP contribution in [0.2, 0.25) is 0 Å². The normalized spacial score (nSPS) is 13.8. The number of rotatable bonds is 8. The van der Waals surface area contributed by atoms with Gasteiger partial charge in [0.05, 0.1) is 0 Å². The summed E-state index contributed by atoms with van der Waals surface area (Å²) in [6, 6.07) is 15.1. The van der Waals surface area contributed by atoms with Gasteiger partial charge >= 0.3 is 12.1 Å². The highest BCUT2D eigenvalue weighted by Crippen LogP contribution is 2.40. The second kappa shape index (κ2) is 8.71. The molecule has 0 heterocycles. The summed E-state index contributed by atoms with van der Waals surface area (Å²) >= 11 is 0. The molecule has 7 heteroatoms. The SMILES string of the molecule is CCC(OC(c1ccccc1NCc1ccccc1)C(F)(F)F)C(=O)O. The van der Waals surface area contributed by atoms with E-state index in [4.69, 9.17) is 9.84 Å². The number of aliphatic carboxylic acids is 1. The number of hydrogen-bond acceptors (Lipinski definition) is 3. The number of halogens is 3. The van der Waals surface area contributed by atoms with Crippen LogP contribution in [-0.4, -0.2) is 23.4 Å². The number of hydrogen-bond donors (Lipinski definition) is 2. The molecule has 0 fully saturated rings. The quantitative estimate of drug-likeness (QED) is 0.705. The minimum absolute atomic E-state index is 0.0679. The second-order valence-electron chi connectivity index (χ2n) is 5.72. The van der Waals surface area contributed by atoms with Crippen LogP contribution in [0.1, 0.15) is 30.6 Å². The van der Waals surface area contributed by atoms with Crippen LogP contribution in [-0.2, 0) is 16.1 Å². The lowest BCUT2D eigenvalue weighted by molar-refractivity contribution is -0.238. The van der Waals surface area contributed by atoms with Crippen LogP contribution in [0.3, 0.4) is 0 Å². The first kappa shape index (κ1) is 19.8. The molecule has 0 amide bonds. The maximum Gasteiger partial charge on any atom is 0.418 e. The molecule has 2 unspecified atom stereocenters. The molecule has 2 aromatic rings. The Morgan fingerprint density at radius 1 is 1.12 bits per heavy atom. The average Bonchev–Trinajstić information content (AvgIpc) is 2.61. The lowest BCUT2D eigenvalue weighted by Crippen LogP contribution is -2.32. The van der Waals surface area contributed by atoms with Crippen molar-refractivity contribution in [3.05, 3.63) is 65.7 Å². The lowest BCUT2D eigenvalue weighted by atomic mass is 10.1. The Morgan fingerprint density at radius 3 is 2.31 bits per heavy atom. The van der Waals surface area contributed by atoms with Crippen LogP contribution in [0.25, 0.3) is 0 Å². The summed E-state index contributed by atoms with van der Waals surface area (Å²) in [6.07, 6.45) is -8.68. The summed E-state index contributed by atoms with van der Waals surface area (Å²) in [6.45, 7) is 1.80. The van der Waals surface area contributed by atoms with Gasteiger partial charge in [-0.3, -0.25) is 0 Å². The number of para-hydroxylation sites is 1. The summed E-state index contributed by atoms with van der Waals surface area (Å²) in [5, 5.41) is 12.0. The number of carboxylic acid groups (broad SMARTS) is 1. The van der Waals surface area contributed by atoms with Gasteiger partial charge in [-0.1, -0.05) is 55.5 Å². The standard InChI is InChI=1S/C19H20F3NO3/c1-2-16(18(24)25)26-17(19(20,21)22)14-10-6-7-11-15(14)23-12-13-8-4-3-5-9-13/h3-11,16-17,23H,2,12H2,1H3,(H,24,25). The predicted molar refractivity (Wildman–Crippen MR) is 91.8 cm³/mol. The first-order valence-corrected chi connectivity index (χ1v) is 8.14. The zero-order valence-electron chi connectivity index (χ0n) is 14.2. The van der Waals surface area contributed by atoms with E-state index in [0.717, 1.165) is 5.56 Å². The van der Waals surface area contributed by atoms with E-state index in [9.17, 15) is 18.0 Å². The topological polar surface area (TPSA) is 58.6 Å². The molecule has 0 saturated carbocycles.